The van der Waals surface area contributed by atoms with Crippen molar-refractivity contribution in [1.29, 1.82) is 0 Å². The molecule has 1 aliphatic rings. The van der Waals surface area contributed by atoms with Gasteiger partial charge in [-0.05, 0) is 55.5 Å². The summed E-state index contributed by atoms with van der Waals surface area (Å²) in [6, 6.07) is 13.4. The predicted molar refractivity (Wildman–Crippen MR) is 109 cm³/mol. The van der Waals surface area contributed by atoms with Crippen molar-refractivity contribution in [3.63, 3.8) is 0 Å². The smallest absolute Gasteiger partial charge is 0.239 e. The van der Waals surface area contributed by atoms with E-state index in [0.29, 0.717) is 18.0 Å². The van der Waals surface area contributed by atoms with Gasteiger partial charge < -0.3 is 24.8 Å². The Morgan fingerprint density at radius 2 is 1.75 bits per heavy atom. The number of amides is 1. The highest BCUT2D eigenvalue weighted by atomic mass is 16.5. The van der Waals surface area contributed by atoms with Gasteiger partial charge in [-0.15, -0.1) is 0 Å². The average molecular weight is 384 g/mol. The van der Waals surface area contributed by atoms with Gasteiger partial charge in [0.1, 0.15) is 5.75 Å². The molecule has 1 aliphatic carbocycles. The van der Waals surface area contributed by atoms with Gasteiger partial charge in [-0.25, -0.2) is 0 Å². The Kier molecular flexibility index (Phi) is 7.00. The van der Waals surface area contributed by atoms with Crippen LogP contribution in [0.25, 0.3) is 0 Å². The van der Waals surface area contributed by atoms with E-state index in [-0.39, 0.29) is 18.6 Å². The van der Waals surface area contributed by atoms with Crippen molar-refractivity contribution < 1.29 is 19.0 Å². The van der Waals surface area contributed by atoms with Crippen LogP contribution in [0.3, 0.4) is 0 Å². The van der Waals surface area contributed by atoms with Gasteiger partial charge in [-0.2, -0.15) is 0 Å². The second kappa shape index (κ2) is 9.88. The molecule has 0 saturated heterocycles. The Labute approximate surface area is 166 Å². The summed E-state index contributed by atoms with van der Waals surface area (Å²) in [6.45, 7) is 0.597. The lowest BCUT2D eigenvalue weighted by Gasteiger charge is -2.17. The first-order valence-corrected chi connectivity index (χ1v) is 9.66. The van der Waals surface area contributed by atoms with Crippen LogP contribution >= 0.6 is 0 Å². The van der Waals surface area contributed by atoms with Crippen LogP contribution in [0.15, 0.2) is 42.5 Å². The third kappa shape index (κ3) is 5.31. The number of hydrogen-bond acceptors (Lipinski definition) is 5. The number of hydrogen-bond donors (Lipinski definition) is 2. The number of rotatable bonds is 9. The molecule has 150 valence electrons. The summed E-state index contributed by atoms with van der Waals surface area (Å²) in [5, 5.41) is 6.09. The van der Waals surface area contributed by atoms with E-state index in [4.69, 9.17) is 14.2 Å². The van der Waals surface area contributed by atoms with Gasteiger partial charge in [0.25, 0.3) is 0 Å². The molecule has 0 aromatic heterocycles. The molecule has 0 spiro atoms. The van der Waals surface area contributed by atoms with Crippen molar-refractivity contribution in [3.8, 4) is 17.2 Å². The zero-order valence-corrected chi connectivity index (χ0v) is 16.5. The Morgan fingerprint density at radius 1 is 1.00 bits per heavy atom. The van der Waals surface area contributed by atoms with Gasteiger partial charge in [-0.3, -0.25) is 4.79 Å². The molecule has 0 atom stereocenters. The molecule has 0 bridgehead atoms. The summed E-state index contributed by atoms with van der Waals surface area (Å²) in [7, 11) is 3.19. The third-order valence-electron chi connectivity index (χ3n) is 4.86. The zero-order valence-electron chi connectivity index (χ0n) is 16.5. The first-order valence-electron chi connectivity index (χ1n) is 9.66. The Hall–Kier alpha value is -2.89. The van der Waals surface area contributed by atoms with Crippen molar-refractivity contribution in [3.05, 3.63) is 48.0 Å². The number of nitrogens with one attached hydrogen (secondary N) is 2. The predicted octanol–water partition coefficient (Wildman–Crippen LogP) is 3.75. The molecular formula is C22H28N2O4. The van der Waals surface area contributed by atoms with E-state index < -0.39 is 0 Å². The highest BCUT2D eigenvalue weighted by molar-refractivity contribution is 5.81. The van der Waals surface area contributed by atoms with E-state index in [0.717, 1.165) is 29.8 Å². The maximum Gasteiger partial charge on any atom is 0.239 e. The number of ether oxygens (including phenoxy) is 3. The second-order valence-electron chi connectivity index (χ2n) is 6.84. The first-order chi connectivity index (χ1) is 13.7. The van der Waals surface area contributed by atoms with Gasteiger partial charge in [-0.1, -0.05) is 18.2 Å². The van der Waals surface area contributed by atoms with Crippen LogP contribution in [-0.4, -0.2) is 32.8 Å². The largest absolute Gasteiger partial charge is 0.493 e. The van der Waals surface area contributed by atoms with E-state index in [1.807, 2.05) is 42.5 Å². The van der Waals surface area contributed by atoms with Crippen LogP contribution in [0.1, 0.15) is 31.2 Å². The number of carbonyl (C=O) groups excluding carboxylic acids is 1. The lowest BCUT2D eigenvalue weighted by molar-refractivity contribution is -0.119. The summed E-state index contributed by atoms with van der Waals surface area (Å²) in [5.74, 6) is 2.02. The normalized spacial score (nSPS) is 13.8. The van der Waals surface area contributed by atoms with Crippen LogP contribution in [-0.2, 0) is 11.3 Å². The first kappa shape index (κ1) is 19.9. The average Bonchev–Trinajstić information content (AvgIpc) is 3.24. The minimum Gasteiger partial charge on any atom is -0.493 e. The van der Waals surface area contributed by atoms with Crippen LogP contribution in [0.5, 0.6) is 17.2 Å². The van der Waals surface area contributed by atoms with E-state index >= 15 is 0 Å². The van der Waals surface area contributed by atoms with E-state index in [9.17, 15) is 4.79 Å². The fourth-order valence-electron chi connectivity index (χ4n) is 3.33. The summed E-state index contributed by atoms with van der Waals surface area (Å²) in [5.41, 5.74) is 1.78. The molecule has 1 amide bonds. The van der Waals surface area contributed by atoms with Crippen LogP contribution in [0.2, 0.25) is 0 Å². The molecule has 2 aromatic rings. The molecule has 3 rings (SSSR count). The minimum atomic E-state index is -0.0922. The Bertz CT molecular complexity index is 788. The topological polar surface area (TPSA) is 68.8 Å². The number of methoxy groups -OCH3 is 2. The van der Waals surface area contributed by atoms with Gasteiger partial charge in [0.05, 0.1) is 32.6 Å². The SMILES string of the molecule is COc1ccc(CNC(=O)CNc2ccccc2OC2CCCC2)cc1OC. The molecule has 0 heterocycles. The Balaban J connectivity index is 1.51. The lowest BCUT2D eigenvalue weighted by Crippen LogP contribution is -2.29. The Morgan fingerprint density at radius 3 is 2.50 bits per heavy atom. The van der Waals surface area contributed by atoms with Gasteiger partial charge >= 0.3 is 0 Å². The number of carbonyl (C=O) groups is 1. The molecule has 0 radical (unpaired) electrons. The molecule has 1 saturated carbocycles. The van der Waals surface area contributed by atoms with Crippen molar-refractivity contribution >= 4 is 11.6 Å². The summed E-state index contributed by atoms with van der Waals surface area (Å²) in [4.78, 5) is 12.3. The van der Waals surface area contributed by atoms with Crippen molar-refractivity contribution in [2.45, 2.75) is 38.3 Å². The van der Waals surface area contributed by atoms with Crippen LogP contribution in [0.4, 0.5) is 5.69 Å². The molecule has 28 heavy (non-hydrogen) atoms. The van der Waals surface area contributed by atoms with E-state index in [1.54, 1.807) is 14.2 Å². The van der Waals surface area contributed by atoms with Crippen LogP contribution in [0, 0.1) is 0 Å². The quantitative estimate of drug-likeness (QED) is 0.689. The standard InChI is InChI=1S/C22H28N2O4/c1-26-20-12-11-16(13-21(20)27-2)14-24-22(25)15-23-18-9-5-6-10-19(18)28-17-7-3-4-8-17/h5-6,9-13,17,23H,3-4,7-8,14-15H2,1-2H3,(H,24,25). The highest BCUT2D eigenvalue weighted by Crippen LogP contribution is 2.30. The summed E-state index contributed by atoms with van der Waals surface area (Å²) >= 11 is 0. The summed E-state index contributed by atoms with van der Waals surface area (Å²) < 4.78 is 16.6. The molecule has 0 aliphatic heterocycles. The molecule has 1 fully saturated rings. The van der Waals surface area contributed by atoms with Gasteiger partial charge in [0, 0.05) is 6.54 Å². The molecule has 2 N–H and O–H groups in total. The number of anilines is 1. The molecule has 0 unspecified atom stereocenters. The molecule has 6 nitrogen and oxygen atoms in total. The fourth-order valence-corrected chi connectivity index (χ4v) is 3.33. The molecule has 6 heteroatoms. The maximum atomic E-state index is 12.3. The number of benzene rings is 2. The highest BCUT2D eigenvalue weighted by Gasteiger charge is 2.18. The van der Waals surface area contributed by atoms with E-state index in [2.05, 4.69) is 10.6 Å². The molecular weight excluding hydrogens is 356 g/mol. The van der Waals surface area contributed by atoms with Crippen molar-refractivity contribution in [1.82, 2.24) is 5.32 Å². The minimum absolute atomic E-state index is 0.0922. The molecule has 2 aromatic carbocycles. The lowest BCUT2D eigenvalue weighted by atomic mass is 10.2. The van der Waals surface area contributed by atoms with Gasteiger partial charge in [0.2, 0.25) is 5.91 Å². The maximum absolute atomic E-state index is 12.3. The van der Waals surface area contributed by atoms with Crippen LogP contribution < -0.4 is 24.8 Å². The summed E-state index contributed by atoms with van der Waals surface area (Å²) in [6.07, 6.45) is 4.92. The zero-order chi connectivity index (χ0) is 19.8. The van der Waals surface area contributed by atoms with Crippen molar-refractivity contribution in [2.75, 3.05) is 26.1 Å². The number of para-hydroxylation sites is 2. The van der Waals surface area contributed by atoms with E-state index in [1.165, 1.54) is 12.8 Å². The monoisotopic (exact) mass is 384 g/mol. The third-order valence-corrected chi connectivity index (χ3v) is 4.86. The second-order valence-corrected chi connectivity index (χ2v) is 6.84. The van der Waals surface area contributed by atoms with Crippen molar-refractivity contribution in [2.24, 2.45) is 0 Å². The fraction of sp³-hybridized carbons (Fsp3) is 0.409. The van der Waals surface area contributed by atoms with Gasteiger partial charge in [0.15, 0.2) is 11.5 Å².